The molecule has 0 radical (unpaired) electrons. The molecule has 1 aliphatic heterocycles. The molecule has 17 heavy (non-hydrogen) atoms. The van der Waals surface area contributed by atoms with Gasteiger partial charge in [-0.2, -0.15) is 11.8 Å². The smallest absolute Gasteiger partial charge is 0.245 e. The highest BCUT2D eigenvalue weighted by molar-refractivity contribution is 7.99. The standard InChI is InChI=1S/C12H22N2O2S/c1-5-10-11(15)13-9(3)12(16)14(10)7-6-8(2)17-4/h8-10H,5-7H2,1-4H3,(H,13,15). The van der Waals surface area contributed by atoms with Gasteiger partial charge in [-0.25, -0.2) is 0 Å². The van der Waals surface area contributed by atoms with Gasteiger partial charge in [0.2, 0.25) is 11.8 Å². The lowest BCUT2D eigenvalue weighted by Gasteiger charge is -2.38. The number of thioether (sulfide) groups is 1. The average molecular weight is 258 g/mol. The van der Waals surface area contributed by atoms with Crippen molar-refractivity contribution < 1.29 is 9.59 Å². The molecule has 0 spiro atoms. The van der Waals surface area contributed by atoms with E-state index in [4.69, 9.17) is 0 Å². The first-order chi connectivity index (χ1) is 8.01. The van der Waals surface area contributed by atoms with Crippen LogP contribution in [0.3, 0.4) is 0 Å². The van der Waals surface area contributed by atoms with Gasteiger partial charge in [-0.05, 0) is 26.0 Å². The van der Waals surface area contributed by atoms with Crippen LogP contribution >= 0.6 is 11.8 Å². The molecule has 0 aliphatic carbocycles. The van der Waals surface area contributed by atoms with Gasteiger partial charge in [0.25, 0.3) is 0 Å². The first kappa shape index (κ1) is 14.4. The summed E-state index contributed by atoms with van der Waals surface area (Å²) in [4.78, 5) is 25.6. The Bertz CT molecular complexity index is 296. The highest BCUT2D eigenvalue weighted by Gasteiger charge is 2.37. The van der Waals surface area contributed by atoms with Gasteiger partial charge in [0.1, 0.15) is 12.1 Å². The molecule has 5 heteroatoms. The highest BCUT2D eigenvalue weighted by Crippen LogP contribution is 2.16. The Hall–Kier alpha value is -0.710. The van der Waals surface area contributed by atoms with Crippen molar-refractivity contribution >= 4 is 23.6 Å². The predicted molar refractivity (Wildman–Crippen MR) is 71.0 cm³/mol. The minimum absolute atomic E-state index is 0.0172. The van der Waals surface area contributed by atoms with Crippen LogP contribution in [0.15, 0.2) is 0 Å². The van der Waals surface area contributed by atoms with Gasteiger partial charge in [-0.3, -0.25) is 9.59 Å². The number of hydrogen-bond donors (Lipinski definition) is 1. The van der Waals surface area contributed by atoms with Crippen LogP contribution in [0.2, 0.25) is 0 Å². The minimum Gasteiger partial charge on any atom is -0.343 e. The van der Waals surface area contributed by atoms with E-state index in [9.17, 15) is 9.59 Å². The fourth-order valence-corrected chi connectivity index (χ4v) is 2.37. The number of piperazine rings is 1. The second-order valence-electron chi connectivity index (χ2n) is 4.52. The van der Waals surface area contributed by atoms with E-state index in [1.165, 1.54) is 0 Å². The van der Waals surface area contributed by atoms with Crippen molar-refractivity contribution in [2.45, 2.75) is 50.9 Å². The third-order valence-corrected chi connectivity index (χ3v) is 4.30. The molecule has 0 bridgehead atoms. The Morgan fingerprint density at radius 2 is 2.12 bits per heavy atom. The zero-order valence-corrected chi connectivity index (χ0v) is 11.8. The number of rotatable bonds is 5. The van der Waals surface area contributed by atoms with Crippen LogP contribution in [-0.2, 0) is 9.59 Å². The maximum absolute atomic E-state index is 12.0. The summed E-state index contributed by atoms with van der Waals surface area (Å²) in [5.41, 5.74) is 0. The lowest BCUT2D eigenvalue weighted by molar-refractivity contribution is -0.149. The molecule has 1 N–H and O–H groups in total. The van der Waals surface area contributed by atoms with Crippen molar-refractivity contribution in [3.8, 4) is 0 Å². The van der Waals surface area contributed by atoms with E-state index in [1.807, 2.05) is 6.92 Å². The second kappa shape index (κ2) is 6.28. The van der Waals surface area contributed by atoms with Crippen LogP contribution in [0.25, 0.3) is 0 Å². The van der Waals surface area contributed by atoms with E-state index in [2.05, 4.69) is 18.5 Å². The Morgan fingerprint density at radius 1 is 1.47 bits per heavy atom. The van der Waals surface area contributed by atoms with Gasteiger partial charge in [0.15, 0.2) is 0 Å². The first-order valence-corrected chi connectivity index (χ1v) is 7.43. The quantitative estimate of drug-likeness (QED) is 0.807. The number of hydrogen-bond acceptors (Lipinski definition) is 3. The topological polar surface area (TPSA) is 49.4 Å². The molecule has 2 amide bonds. The van der Waals surface area contributed by atoms with Gasteiger partial charge in [0, 0.05) is 11.8 Å². The molecule has 3 unspecified atom stereocenters. The maximum atomic E-state index is 12.0. The number of nitrogens with one attached hydrogen (secondary N) is 1. The third kappa shape index (κ3) is 3.37. The Labute approximate surface area is 108 Å². The van der Waals surface area contributed by atoms with Crippen molar-refractivity contribution in [1.29, 1.82) is 0 Å². The van der Waals surface area contributed by atoms with E-state index in [0.717, 1.165) is 6.42 Å². The second-order valence-corrected chi connectivity index (χ2v) is 5.80. The van der Waals surface area contributed by atoms with Crippen molar-refractivity contribution in [3.63, 3.8) is 0 Å². The molecule has 1 aliphatic rings. The summed E-state index contributed by atoms with van der Waals surface area (Å²) in [6, 6.07) is -0.664. The molecule has 3 atom stereocenters. The van der Waals surface area contributed by atoms with Crippen molar-refractivity contribution in [3.05, 3.63) is 0 Å². The largest absolute Gasteiger partial charge is 0.343 e. The summed E-state index contributed by atoms with van der Waals surface area (Å²) in [5, 5.41) is 3.24. The minimum atomic E-state index is -0.380. The number of nitrogens with zero attached hydrogens (tertiary/aromatic N) is 1. The molecule has 1 fully saturated rings. The van der Waals surface area contributed by atoms with Gasteiger partial charge in [0.05, 0.1) is 0 Å². The summed E-state index contributed by atoms with van der Waals surface area (Å²) in [6.45, 7) is 6.51. The SMILES string of the molecule is CCC1C(=O)NC(C)C(=O)N1CCC(C)SC. The summed E-state index contributed by atoms with van der Waals surface area (Å²) < 4.78 is 0. The zero-order valence-electron chi connectivity index (χ0n) is 11.0. The average Bonchev–Trinajstić information content (AvgIpc) is 2.31. The molecule has 0 aromatic carbocycles. The molecule has 0 aromatic heterocycles. The Morgan fingerprint density at radius 3 is 2.65 bits per heavy atom. The summed E-state index contributed by atoms with van der Waals surface area (Å²) >= 11 is 1.79. The summed E-state index contributed by atoms with van der Waals surface area (Å²) in [7, 11) is 0. The summed E-state index contributed by atoms with van der Waals surface area (Å²) in [5.74, 6) is 0.0288. The van der Waals surface area contributed by atoms with Crippen molar-refractivity contribution in [1.82, 2.24) is 10.2 Å². The molecule has 1 heterocycles. The van der Waals surface area contributed by atoms with Crippen LogP contribution in [-0.4, -0.2) is 46.8 Å². The van der Waals surface area contributed by atoms with E-state index in [-0.39, 0.29) is 23.9 Å². The molecule has 1 saturated heterocycles. The molecule has 4 nitrogen and oxygen atoms in total. The van der Waals surface area contributed by atoms with Crippen LogP contribution in [0.5, 0.6) is 0 Å². The van der Waals surface area contributed by atoms with Crippen molar-refractivity contribution in [2.24, 2.45) is 0 Å². The predicted octanol–water partition coefficient (Wildman–Crippen LogP) is 1.25. The first-order valence-electron chi connectivity index (χ1n) is 6.14. The molecular formula is C12H22N2O2S. The fourth-order valence-electron chi connectivity index (χ4n) is 2.03. The van der Waals surface area contributed by atoms with Crippen LogP contribution in [0.4, 0.5) is 0 Å². The van der Waals surface area contributed by atoms with Crippen LogP contribution in [0, 0.1) is 0 Å². The Kier molecular flexibility index (Phi) is 5.31. The van der Waals surface area contributed by atoms with E-state index in [0.29, 0.717) is 18.2 Å². The molecule has 0 saturated carbocycles. The highest BCUT2D eigenvalue weighted by atomic mass is 32.2. The Balaban J connectivity index is 2.68. The number of carbonyl (C=O) groups is 2. The van der Waals surface area contributed by atoms with Crippen LogP contribution in [0.1, 0.15) is 33.6 Å². The number of amides is 2. The van der Waals surface area contributed by atoms with E-state index in [1.54, 1.807) is 23.6 Å². The van der Waals surface area contributed by atoms with Gasteiger partial charge >= 0.3 is 0 Å². The van der Waals surface area contributed by atoms with E-state index >= 15 is 0 Å². The normalized spacial score (nSPS) is 26.9. The maximum Gasteiger partial charge on any atom is 0.245 e. The zero-order chi connectivity index (χ0) is 13.0. The lowest BCUT2D eigenvalue weighted by Crippen LogP contribution is -2.62. The van der Waals surface area contributed by atoms with Crippen LogP contribution < -0.4 is 5.32 Å². The lowest BCUT2D eigenvalue weighted by atomic mass is 10.1. The van der Waals surface area contributed by atoms with Gasteiger partial charge < -0.3 is 10.2 Å². The molecular weight excluding hydrogens is 236 g/mol. The van der Waals surface area contributed by atoms with Gasteiger partial charge in [-0.15, -0.1) is 0 Å². The number of carbonyl (C=O) groups excluding carboxylic acids is 2. The molecule has 0 aromatic rings. The third-order valence-electron chi connectivity index (χ3n) is 3.26. The monoisotopic (exact) mass is 258 g/mol. The van der Waals surface area contributed by atoms with E-state index < -0.39 is 0 Å². The van der Waals surface area contributed by atoms with Gasteiger partial charge in [-0.1, -0.05) is 13.8 Å². The molecule has 98 valence electrons. The summed E-state index contributed by atoms with van der Waals surface area (Å²) in [6.07, 6.45) is 3.68. The van der Waals surface area contributed by atoms with Crippen molar-refractivity contribution in [2.75, 3.05) is 12.8 Å². The molecule has 1 rings (SSSR count). The fraction of sp³-hybridized carbons (Fsp3) is 0.833.